The van der Waals surface area contributed by atoms with E-state index in [0.29, 0.717) is 5.56 Å². The van der Waals surface area contributed by atoms with Gasteiger partial charge in [0, 0.05) is 24.5 Å². The minimum absolute atomic E-state index is 0.0856. The van der Waals surface area contributed by atoms with E-state index in [9.17, 15) is 22.8 Å². The first-order chi connectivity index (χ1) is 12.8. The van der Waals surface area contributed by atoms with Gasteiger partial charge in [0.05, 0.1) is 13.1 Å². The number of ether oxygens (including phenoxy) is 1. The van der Waals surface area contributed by atoms with Crippen LogP contribution in [0.5, 0.6) is 5.88 Å². The molecule has 0 bridgehead atoms. The first-order valence-corrected chi connectivity index (χ1v) is 8.40. The molecule has 0 saturated carbocycles. The second-order valence-electron chi connectivity index (χ2n) is 6.19. The van der Waals surface area contributed by atoms with E-state index in [0.717, 1.165) is 6.07 Å². The number of halogens is 3. The molecule has 0 atom stereocenters. The highest BCUT2D eigenvalue weighted by atomic mass is 19.4. The lowest BCUT2D eigenvalue weighted by Crippen LogP contribution is -2.56. The number of Topliss-reactive ketones (excluding diaryl/α,β-unsaturated/α-hetero) is 1. The Balaban J connectivity index is 1.44. The van der Waals surface area contributed by atoms with Crippen molar-refractivity contribution in [3.63, 3.8) is 0 Å². The Bertz CT molecular complexity index is 818. The van der Waals surface area contributed by atoms with E-state index < -0.39 is 18.0 Å². The fraction of sp³-hybridized carbons (Fsp3) is 0.316. The molecule has 5 nitrogen and oxygen atoms in total. The number of nitrogens with zero attached hydrogens (tertiary/aromatic N) is 2. The molecule has 1 aliphatic heterocycles. The van der Waals surface area contributed by atoms with Crippen molar-refractivity contribution >= 4 is 11.7 Å². The molecule has 1 aromatic carbocycles. The Morgan fingerprint density at radius 1 is 1.04 bits per heavy atom. The third-order valence-electron chi connectivity index (χ3n) is 4.16. The number of amides is 1. The Morgan fingerprint density at radius 2 is 1.74 bits per heavy atom. The third kappa shape index (κ3) is 4.84. The molecule has 1 aromatic heterocycles. The maximum atomic E-state index is 12.6. The van der Waals surface area contributed by atoms with Crippen molar-refractivity contribution in [3.05, 3.63) is 59.8 Å². The number of hydrogen-bond acceptors (Lipinski definition) is 4. The van der Waals surface area contributed by atoms with Crippen molar-refractivity contribution < 1.29 is 27.5 Å². The zero-order valence-electron chi connectivity index (χ0n) is 14.3. The minimum Gasteiger partial charge on any atom is -0.471 e. The van der Waals surface area contributed by atoms with Gasteiger partial charge in [-0.3, -0.25) is 9.59 Å². The quantitative estimate of drug-likeness (QED) is 0.724. The van der Waals surface area contributed by atoms with Gasteiger partial charge >= 0.3 is 6.18 Å². The number of carbonyl (C=O) groups is 2. The predicted octanol–water partition coefficient (Wildman–Crippen LogP) is 3.35. The summed E-state index contributed by atoms with van der Waals surface area (Å²) in [5, 5.41) is 0. The summed E-state index contributed by atoms with van der Waals surface area (Å²) in [5.74, 6) is -0.414. The second kappa shape index (κ2) is 7.77. The van der Waals surface area contributed by atoms with Crippen LogP contribution in [-0.4, -0.2) is 40.8 Å². The van der Waals surface area contributed by atoms with Crippen molar-refractivity contribution in [2.75, 3.05) is 13.1 Å². The Kier molecular flexibility index (Phi) is 5.43. The summed E-state index contributed by atoms with van der Waals surface area (Å²) in [5.41, 5.74) is -0.461. The lowest BCUT2D eigenvalue weighted by Gasteiger charge is -2.38. The number of aromatic nitrogens is 1. The summed E-state index contributed by atoms with van der Waals surface area (Å²) in [6, 6.07) is 12.2. The number of likely N-dealkylation sites (tertiary alicyclic amines) is 1. The van der Waals surface area contributed by atoms with Crippen molar-refractivity contribution in [1.82, 2.24) is 9.88 Å². The van der Waals surface area contributed by atoms with Gasteiger partial charge < -0.3 is 9.64 Å². The molecular weight excluding hydrogens is 361 g/mol. The fourth-order valence-electron chi connectivity index (χ4n) is 2.67. The number of alkyl halides is 3. The Labute approximate surface area is 153 Å². The van der Waals surface area contributed by atoms with Gasteiger partial charge in [-0.15, -0.1) is 0 Å². The van der Waals surface area contributed by atoms with Crippen LogP contribution in [0, 0.1) is 0 Å². The highest BCUT2D eigenvalue weighted by molar-refractivity contribution is 5.97. The number of hydrogen-bond donors (Lipinski definition) is 0. The molecule has 1 aliphatic rings. The molecular formula is C19H17F3N2O3. The van der Waals surface area contributed by atoms with Crippen LogP contribution in [0.3, 0.4) is 0 Å². The van der Waals surface area contributed by atoms with E-state index in [4.69, 9.17) is 4.74 Å². The Morgan fingerprint density at radius 3 is 2.41 bits per heavy atom. The summed E-state index contributed by atoms with van der Waals surface area (Å²) in [4.78, 5) is 29.0. The van der Waals surface area contributed by atoms with Gasteiger partial charge in [0.25, 0.3) is 0 Å². The summed E-state index contributed by atoms with van der Waals surface area (Å²) >= 11 is 0. The standard InChI is InChI=1S/C19H17F3N2O3/c20-19(21,22)16-7-4-8-17(23-16)27-14-11-24(12-14)18(26)10-9-15(25)13-5-2-1-3-6-13/h1-8,14H,9-12H2. The molecule has 8 heteroatoms. The summed E-state index contributed by atoms with van der Waals surface area (Å²) < 4.78 is 43.3. The van der Waals surface area contributed by atoms with Crippen LogP contribution < -0.4 is 4.74 Å². The topological polar surface area (TPSA) is 59.5 Å². The molecule has 3 rings (SSSR count). The van der Waals surface area contributed by atoms with E-state index in [2.05, 4.69) is 4.98 Å². The molecule has 1 saturated heterocycles. The number of benzene rings is 1. The maximum Gasteiger partial charge on any atom is 0.433 e. The summed E-state index contributed by atoms with van der Waals surface area (Å²) in [6.07, 6.45) is -4.75. The van der Waals surface area contributed by atoms with Gasteiger partial charge in [0.15, 0.2) is 5.78 Å². The number of rotatable bonds is 6. The van der Waals surface area contributed by atoms with Gasteiger partial charge in [-0.2, -0.15) is 13.2 Å². The van der Waals surface area contributed by atoms with Crippen LogP contribution in [0.4, 0.5) is 13.2 Å². The lowest BCUT2D eigenvalue weighted by molar-refractivity contribution is -0.142. The van der Waals surface area contributed by atoms with Gasteiger partial charge in [-0.1, -0.05) is 36.4 Å². The minimum atomic E-state index is -4.54. The largest absolute Gasteiger partial charge is 0.471 e. The first-order valence-electron chi connectivity index (χ1n) is 8.40. The van der Waals surface area contributed by atoms with Crippen molar-refractivity contribution in [3.8, 4) is 5.88 Å². The highest BCUT2D eigenvalue weighted by Gasteiger charge is 2.35. The van der Waals surface area contributed by atoms with Gasteiger partial charge in [0.2, 0.25) is 11.8 Å². The molecule has 1 amide bonds. The van der Waals surface area contributed by atoms with Crippen LogP contribution in [0.1, 0.15) is 28.9 Å². The molecule has 0 unspecified atom stereocenters. The van der Waals surface area contributed by atoms with E-state index in [1.807, 2.05) is 0 Å². The maximum absolute atomic E-state index is 12.6. The molecule has 0 spiro atoms. The van der Waals surface area contributed by atoms with E-state index >= 15 is 0 Å². The van der Waals surface area contributed by atoms with Crippen LogP contribution in [0.2, 0.25) is 0 Å². The molecule has 0 radical (unpaired) electrons. The second-order valence-corrected chi connectivity index (χ2v) is 6.19. The molecule has 27 heavy (non-hydrogen) atoms. The predicted molar refractivity (Wildman–Crippen MR) is 90.2 cm³/mol. The average molecular weight is 378 g/mol. The first kappa shape index (κ1) is 18.9. The number of carbonyl (C=O) groups excluding carboxylic acids is 2. The number of ketones is 1. The van der Waals surface area contributed by atoms with Crippen LogP contribution >= 0.6 is 0 Å². The Hall–Kier alpha value is -2.90. The summed E-state index contributed by atoms with van der Waals surface area (Å²) in [6.45, 7) is 0.520. The molecule has 2 heterocycles. The number of pyridine rings is 1. The molecule has 2 aromatic rings. The van der Waals surface area contributed by atoms with E-state index in [1.165, 1.54) is 17.0 Å². The van der Waals surface area contributed by atoms with Gasteiger partial charge in [0.1, 0.15) is 11.8 Å². The molecule has 1 fully saturated rings. The fourth-order valence-corrected chi connectivity index (χ4v) is 2.67. The lowest BCUT2D eigenvalue weighted by atomic mass is 10.1. The zero-order chi connectivity index (χ0) is 19.4. The highest BCUT2D eigenvalue weighted by Crippen LogP contribution is 2.29. The average Bonchev–Trinajstić information content (AvgIpc) is 2.62. The van der Waals surface area contributed by atoms with Crippen molar-refractivity contribution in [1.29, 1.82) is 0 Å². The SMILES string of the molecule is O=C(CCC(=O)N1CC(Oc2cccc(C(F)(F)F)n2)C1)c1ccccc1. The van der Waals surface area contributed by atoms with E-state index in [-0.39, 0.29) is 43.5 Å². The van der Waals surface area contributed by atoms with E-state index in [1.54, 1.807) is 30.3 Å². The smallest absolute Gasteiger partial charge is 0.433 e. The van der Waals surface area contributed by atoms with Crippen molar-refractivity contribution in [2.24, 2.45) is 0 Å². The molecule has 142 valence electrons. The van der Waals surface area contributed by atoms with Gasteiger partial charge in [-0.05, 0) is 6.07 Å². The van der Waals surface area contributed by atoms with Crippen LogP contribution in [0.25, 0.3) is 0 Å². The van der Waals surface area contributed by atoms with Crippen LogP contribution in [-0.2, 0) is 11.0 Å². The van der Waals surface area contributed by atoms with Crippen molar-refractivity contribution in [2.45, 2.75) is 25.1 Å². The monoisotopic (exact) mass is 378 g/mol. The normalized spacial score (nSPS) is 14.6. The molecule has 0 N–H and O–H groups in total. The summed E-state index contributed by atoms with van der Waals surface area (Å²) in [7, 11) is 0. The van der Waals surface area contributed by atoms with Gasteiger partial charge in [-0.25, -0.2) is 4.98 Å². The third-order valence-corrected chi connectivity index (χ3v) is 4.16. The van der Waals surface area contributed by atoms with Crippen LogP contribution in [0.15, 0.2) is 48.5 Å². The zero-order valence-corrected chi connectivity index (χ0v) is 14.3. The molecule has 0 aliphatic carbocycles.